The van der Waals surface area contributed by atoms with Gasteiger partial charge in [-0.2, -0.15) is 0 Å². The van der Waals surface area contributed by atoms with Crippen LogP contribution in [0.4, 0.5) is 5.82 Å². The van der Waals surface area contributed by atoms with Crippen LogP contribution in [-0.4, -0.2) is 55.4 Å². The van der Waals surface area contributed by atoms with Crippen molar-refractivity contribution in [2.75, 3.05) is 39.7 Å². The summed E-state index contributed by atoms with van der Waals surface area (Å²) in [5.74, 6) is 1.96. The zero-order chi connectivity index (χ0) is 19.6. The summed E-state index contributed by atoms with van der Waals surface area (Å²) >= 11 is 0. The van der Waals surface area contributed by atoms with Crippen molar-refractivity contribution in [3.8, 4) is 11.5 Å². The maximum atomic E-state index is 12.3. The summed E-state index contributed by atoms with van der Waals surface area (Å²) in [6, 6.07) is 9.34. The molecule has 0 unspecified atom stereocenters. The average Bonchev–Trinajstić information content (AvgIpc) is 2.71. The fraction of sp³-hybridized carbons (Fsp3) is 0.450. The van der Waals surface area contributed by atoms with Crippen molar-refractivity contribution in [1.29, 1.82) is 0 Å². The van der Waals surface area contributed by atoms with E-state index < -0.39 is 0 Å². The van der Waals surface area contributed by atoms with Crippen LogP contribution in [0.5, 0.6) is 11.5 Å². The monoisotopic (exact) mass is 372 g/mol. The van der Waals surface area contributed by atoms with Crippen LogP contribution in [0.1, 0.15) is 35.8 Å². The first kappa shape index (κ1) is 20.5. The Kier molecular flexibility index (Phi) is 7.85. The summed E-state index contributed by atoms with van der Waals surface area (Å²) in [5, 5.41) is 11.4. The van der Waals surface area contributed by atoms with E-state index in [4.69, 9.17) is 9.47 Å². The van der Waals surface area contributed by atoms with Crippen LogP contribution in [0, 0.1) is 0 Å². The number of aromatic nitrogens is 2. The molecule has 0 radical (unpaired) electrons. The molecule has 1 aromatic heterocycles. The Morgan fingerprint density at radius 3 is 2.52 bits per heavy atom. The molecule has 146 valence electrons. The van der Waals surface area contributed by atoms with Gasteiger partial charge >= 0.3 is 0 Å². The molecule has 0 saturated heterocycles. The molecule has 0 bridgehead atoms. The number of ether oxygens (including phenoxy) is 2. The van der Waals surface area contributed by atoms with E-state index in [0.29, 0.717) is 29.6 Å². The molecule has 1 amide bonds. The number of unbranched alkanes of at least 4 members (excludes halogenated alkanes) is 1. The lowest BCUT2D eigenvalue weighted by Crippen LogP contribution is -2.28. The highest BCUT2D eigenvalue weighted by Gasteiger charge is 2.13. The van der Waals surface area contributed by atoms with Crippen LogP contribution in [0.15, 0.2) is 30.3 Å². The number of amides is 1. The minimum atomic E-state index is -0.104. The van der Waals surface area contributed by atoms with Gasteiger partial charge in [0, 0.05) is 20.1 Å². The fourth-order valence-corrected chi connectivity index (χ4v) is 2.60. The number of nitrogens with zero attached hydrogens (tertiary/aromatic N) is 3. The average molecular weight is 372 g/mol. The van der Waals surface area contributed by atoms with Gasteiger partial charge in [-0.3, -0.25) is 4.79 Å². The Morgan fingerprint density at radius 1 is 1.11 bits per heavy atom. The topological polar surface area (TPSA) is 76.6 Å². The number of hydrogen-bond donors (Lipinski definition) is 1. The predicted octanol–water partition coefficient (Wildman–Crippen LogP) is 3.02. The smallest absolute Gasteiger partial charge is 0.274 e. The van der Waals surface area contributed by atoms with Crippen LogP contribution in [-0.2, 0) is 6.42 Å². The summed E-state index contributed by atoms with van der Waals surface area (Å²) in [4.78, 5) is 13.9. The first-order chi connectivity index (χ1) is 13.1. The van der Waals surface area contributed by atoms with Gasteiger partial charge in [0.05, 0.1) is 14.2 Å². The van der Waals surface area contributed by atoms with E-state index in [-0.39, 0.29) is 5.91 Å². The van der Waals surface area contributed by atoms with Gasteiger partial charge in [-0.15, -0.1) is 10.2 Å². The molecule has 0 aliphatic rings. The third-order valence-corrected chi connectivity index (χ3v) is 4.25. The summed E-state index contributed by atoms with van der Waals surface area (Å²) < 4.78 is 10.6. The van der Waals surface area contributed by atoms with E-state index in [1.54, 1.807) is 38.3 Å². The molecule has 1 N–H and O–H groups in total. The highest BCUT2D eigenvalue weighted by atomic mass is 16.5. The van der Waals surface area contributed by atoms with E-state index in [1.165, 1.54) is 0 Å². The van der Waals surface area contributed by atoms with Crippen LogP contribution in [0.2, 0.25) is 0 Å². The van der Waals surface area contributed by atoms with Gasteiger partial charge in [-0.25, -0.2) is 0 Å². The Bertz CT molecular complexity index is 735. The molecule has 7 heteroatoms. The minimum Gasteiger partial charge on any atom is -0.493 e. The van der Waals surface area contributed by atoms with Gasteiger partial charge in [-0.1, -0.05) is 19.4 Å². The second-order valence-corrected chi connectivity index (χ2v) is 6.25. The summed E-state index contributed by atoms with van der Waals surface area (Å²) in [6.45, 7) is 3.51. The Labute approximate surface area is 160 Å². The lowest BCUT2D eigenvalue weighted by Gasteiger charge is -2.15. The second kappa shape index (κ2) is 10.4. The maximum Gasteiger partial charge on any atom is 0.274 e. The van der Waals surface area contributed by atoms with E-state index in [0.717, 1.165) is 31.4 Å². The molecule has 0 aliphatic heterocycles. The number of hydrogen-bond acceptors (Lipinski definition) is 6. The van der Waals surface area contributed by atoms with E-state index in [9.17, 15) is 4.79 Å². The quantitative estimate of drug-likeness (QED) is 0.691. The zero-order valence-electron chi connectivity index (χ0n) is 16.5. The highest BCUT2D eigenvalue weighted by molar-refractivity contribution is 5.92. The molecule has 1 aromatic carbocycles. The van der Waals surface area contributed by atoms with E-state index in [1.807, 2.05) is 18.2 Å². The molecule has 0 saturated carbocycles. The van der Waals surface area contributed by atoms with Gasteiger partial charge in [0.15, 0.2) is 17.2 Å². The number of rotatable bonds is 10. The molecule has 0 atom stereocenters. The SMILES string of the molecule is CCCCN(C)C(=O)c1ccc(NCCc2ccc(OC)c(OC)c2)nn1. The lowest BCUT2D eigenvalue weighted by atomic mass is 10.1. The number of benzene rings is 1. The molecular weight excluding hydrogens is 344 g/mol. The third kappa shape index (κ3) is 5.84. The van der Waals surface area contributed by atoms with Gasteiger partial charge in [-0.05, 0) is 42.7 Å². The van der Waals surface area contributed by atoms with Crippen LogP contribution < -0.4 is 14.8 Å². The zero-order valence-corrected chi connectivity index (χ0v) is 16.5. The number of nitrogens with one attached hydrogen (secondary N) is 1. The first-order valence-corrected chi connectivity index (χ1v) is 9.13. The van der Waals surface area contributed by atoms with Crippen LogP contribution >= 0.6 is 0 Å². The fourth-order valence-electron chi connectivity index (χ4n) is 2.60. The summed E-state index contributed by atoms with van der Waals surface area (Å²) in [7, 11) is 5.03. The highest BCUT2D eigenvalue weighted by Crippen LogP contribution is 2.27. The van der Waals surface area contributed by atoms with Crippen molar-refractivity contribution in [2.24, 2.45) is 0 Å². The number of anilines is 1. The van der Waals surface area contributed by atoms with Gasteiger partial charge in [0.1, 0.15) is 5.82 Å². The van der Waals surface area contributed by atoms with Crippen molar-refractivity contribution in [1.82, 2.24) is 15.1 Å². The largest absolute Gasteiger partial charge is 0.493 e. The Morgan fingerprint density at radius 2 is 1.89 bits per heavy atom. The van der Waals surface area contributed by atoms with E-state index >= 15 is 0 Å². The molecule has 2 rings (SSSR count). The van der Waals surface area contributed by atoms with Gasteiger partial charge < -0.3 is 19.7 Å². The molecule has 1 heterocycles. The maximum absolute atomic E-state index is 12.3. The Hall–Kier alpha value is -2.83. The van der Waals surface area contributed by atoms with Crippen molar-refractivity contribution < 1.29 is 14.3 Å². The number of carbonyl (C=O) groups is 1. The third-order valence-electron chi connectivity index (χ3n) is 4.25. The standard InChI is InChI=1S/C20H28N4O3/c1-5-6-13-24(2)20(25)16-8-10-19(23-22-16)21-12-11-15-7-9-17(26-3)18(14-15)27-4/h7-10,14H,5-6,11-13H2,1-4H3,(H,21,23). The van der Waals surface area contributed by atoms with Gasteiger partial charge in [0.25, 0.3) is 5.91 Å². The summed E-state index contributed by atoms with van der Waals surface area (Å²) in [6.07, 6.45) is 2.82. The van der Waals surface area contributed by atoms with Crippen LogP contribution in [0.3, 0.4) is 0 Å². The normalized spacial score (nSPS) is 10.4. The van der Waals surface area contributed by atoms with E-state index in [2.05, 4.69) is 22.4 Å². The van der Waals surface area contributed by atoms with Crippen LogP contribution in [0.25, 0.3) is 0 Å². The molecule has 0 aliphatic carbocycles. The first-order valence-electron chi connectivity index (χ1n) is 9.13. The second-order valence-electron chi connectivity index (χ2n) is 6.25. The number of carbonyl (C=O) groups excluding carboxylic acids is 1. The number of methoxy groups -OCH3 is 2. The van der Waals surface area contributed by atoms with Crippen molar-refractivity contribution >= 4 is 11.7 Å². The van der Waals surface area contributed by atoms with Crippen molar-refractivity contribution in [3.63, 3.8) is 0 Å². The molecule has 0 spiro atoms. The van der Waals surface area contributed by atoms with Crippen molar-refractivity contribution in [3.05, 3.63) is 41.6 Å². The lowest BCUT2D eigenvalue weighted by molar-refractivity contribution is 0.0786. The van der Waals surface area contributed by atoms with Crippen molar-refractivity contribution in [2.45, 2.75) is 26.2 Å². The van der Waals surface area contributed by atoms with Gasteiger partial charge in [0.2, 0.25) is 0 Å². The summed E-state index contributed by atoms with van der Waals surface area (Å²) in [5.41, 5.74) is 1.48. The molecule has 0 fully saturated rings. The Balaban J connectivity index is 1.87. The molecule has 2 aromatic rings. The minimum absolute atomic E-state index is 0.104. The molecule has 27 heavy (non-hydrogen) atoms. The molecule has 7 nitrogen and oxygen atoms in total. The molecular formula is C20H28N4O3. The predicted molar refractivity (Wildman–Crippen MR) is 106 cm³/mol.